The van der Waals surface area contributed by atoms with Crippen LogP contribution in [-0.4, -0.2) is 24.8 Å². The van der Waals surface area contributed by atoms with Gasteiger partial charge in [-0.15, -0.1) is 0 Å². The Kier molecular flexibility index (Phi) is 6.33. The average Bonchev–Trinajstić information content (AvgIpc) is 2.11. The summed E-state index contributed by atoms with van der Waals surface area (Å²) in [5, 5.41) is 2.58. The van der Waals surface area contributed by atoms with Crippen molar-refractivity contribution in [1.82, 2.24) is 5.32 Å². The van der Waals surface area contributed by atoms with E-state index in [4.69, 9.17) is 10.5 Å². The molecule has 0 aromatic carbocycles. The third kappa shape index (κ3) is 7.41. The zero-order valence-electron chi connectivity index (χ0n) is 13.7. The highest BCUT2D eigenvalue weighted by Crippen LogP contribution is 2.42. The molecule has 0 aliphatic heterocycles. The largest absolute Gasteiger partial charge is 0.375 e. The molecule has 0 saturated heterocycles. The lowest BCUT2D eigenvalue weighted by molar-refractivity contribution is -0.125. The van der Waals surface area contributed by atoms with Gasteiger partial charge < -0.3 is 15.8 Å². The van der Waals surface area contributed by atoms with Crippen LogP contribution in [0.4, 0.5) is 4.79 Å². The second kappa shape index (κ2) is 6.60. The number of nitrogens with two attached hydrogens (primary N) is 1. The Morgan fingerprint density at radius 1 is 1.11 bits per heavy atom. The van der Waals surface area contributed by atoms with E-state index >= 15 is 0 Å². The van der Waals surface area contributed by atoms with Crippen LogP contribution in [-0.2, 0) is 4.74 Å². The Hall–Kier alpha value is -0.770. The van der Waals surface area contributed by atoms with Crippen molar-refractivity contribution in [3.05, 3.63) is 0 Å². The number of carbonyl (C=O) groups excluding carboxylic acids is 1. The molecule has 2 amide bonds. The van der Waals surface area contributed by atoms with Crippen molar-refractivity contribution in [2.45, 2.75) is 66.9 Å². The summed E-state index contributed by atoms with van der Waals surface area (Å²) in [5.74, 6) is 0. The van der Waals surface area contributed by atoms with E-state index in [9.17, 15) is 4.79 Å². The van der Waals surface area contributed by atoms with Crippen LogP contribution >= 0.6 is 0 Å². The van der Waals surface area contributed by atoms with Crippen molar-refractivity contribution in [1.29, 1.82) is 0 Å². The Bertz CT molecular complexity index is 290. The highest BCUT2D eigenvalue weighted by atomic mass is 16.5. The van der Waals surface area contributed by atoms with Crippen LogP contribution in [0.25, 0.3) is 0 Å². The molecule has 0 aromatic heterocycles. The molecule has 0 spiro atoms. The highest BCUT2D eigenvalue weighted by Gasteiger charge is 2.41. The number of amides is 2. The summed E-state index contributed by atoms with van der Waals surface area (Å²) in [5.41, 5.74) is 5.12. The minimum Gasteiger partial charge on any atom is -0.375 e. The Morgan fingerprint density at radius 2 is 1.63 bits per heavy atom. The number of nitrogens with one attached hydrogen (secondary N) is 1. The molecule has 0 fully saturated rings. The van der Waals surface area contributed by atoms with Gasteiger partial charge >= 0.3 is 6.03 Å². The lowest BCUT2D eigenvalue weighted by Gasteiger charge is -2.45. The van der Waals surface area contributed by atoms with Crippen LogP contribution in [0.1, 0.15) is 61.3 Å². The normalized spacial score (nSPS) is 15.9. The van der Waals surface area contributed by atoms with E-state index in [1.54, 1.807) is 0 Å². The van der Waals surface area contributed by atoms with Crippen LogP contribution in [0.3, 0.4) is 0 Å². The Morgan fingerprint density at radius 3 is 2.00 bits per heavy atom. The predicted octanol–water partition coefficient (Wildman–Crippen LogP) is 3.30. The van der Waals surface area contributed by atoms with Crippen molar-refractivity contribution >= 4 is 6.03 Å². The standard InChI is InChI=1S/C15H32N2O2/c1-13(2,3)11-15(7,14(4,5)6)19-10-8-9-17-12(16)18/h8-11H2,1-7H3,(H3,16,17,18). The molecule has 0 saturated carbocycles. The maximum atomic E-state index is 10.6. The van der Waals surface area contributed by atoms with Gasteiger partial charge in [0.1, 0.15) is 0 Å². The number of hydrogen-bond acceptors (Lipinski definition) is 2. The fraction of sp³-hybridized carbons (Fsp3) is 0.933. The summed E-state index contributed by atoms with van der Waals surface area (Å²) < 4.78 is 6.16. The van der Waals surface area contributed by atoms with Gasteiger partial charge in [0, 0.05) is 13.2 Å². The topological polar surface area (TPSA) is 64.3 Å². The van der Waals surface area contributed by atoms with Crippen molar-refractivity contribution in [2.24, 2.45) is 16.6 Å². The van der Waals surface area contributed by atoms with Crippen LogP contribution in [0.15, 0.2) is 0 Å². The van der Waals surface area contributed by atoms with Gasteiger partial charge in [0.15, 0.2) is 0 Å². The quantitative estimate of drug-likeness (QED) is 0.729. The van der Waals surface area contributed by atoms with E-state index in [0.29, 0.717) is 13.2 Å². The van der Waals surface area contributed by atoms with Crippen LogP contribution < -0.4 is 11.1 Å². The summed E-state index contributed by atoms with van der Waals surface area (Å²) in [6, 6.07) is -0.478. The zero-order chi connectivity index (χ0) is 15.3. The van der Waals surface area contributed by atoms with Crippen LogP contribution in [0.5, 0.6) is 0 Å². The third-order valence-electron chi connectivity index (χ3n) is 3.50. The lowest BCUT2D eigenvalue weighted by atomic mass is 9.69. The summed E-state index contributed by atoms with van der Waals surface area (Å²) in [6.07, 6.45) is 1.77. The molecule has 0 aliphatic rings. The van der Waals surface area contributed by atoms with Crippen molar-refractivity contribution < 1.29 is 9.53 Å². The zero-order valence-corrected chi connectivity index (χ0v) is 13.7. The fourth-order valence-corrected chi connectivity index (χ4v) is 2.13. The first kappa shape index (κ1) is 18.2. The van der Waals surface area contributed by atoms with Crippen molar-refractivity contribution in [3.63, 3.8) is 0 Å². The van der Waals surface area contributed by atoms with Gasteiger partial charge in [-0.1, -0.05) is 41.5 Å². The Labute approximate surface area is 118 Å². The predicted molar refractivity (Wildman–Crippen MR) is 80.1 cm³/mol. The number of urea groups is 1. The third-order valence-corrected chi connectivity index (χ3v) is 3.50. The number of hydrogen-bond donors (Lipinski definition) is 2. The lowest BCUT2D eigenvalue weighted by Crippen LogP contribution is -2.46. The first-order chi connectivity index (χ1) is 8.37. The van der Waals surface area contributed by atoms with E-state index in [1.807, 2.05) is 0 Å². The van der Waals surface area contributed by atoms with Gasteiger partial charge in [-0.25, -0.2) is 4.79 Å². The van der Waals surface area contributed by atoms with Gasteiger partial charge in [0.25, 0.3) is 0 Å². The number of primary amides is 1. The summed E-state index contributed by atoms with van der Waals surface area (Å²) >= 11 is 0. The van der Waals surface area contributed by atoms with Gasteiger partial charge in [-0.05, 0) is 30.6 Å². The van der Waals surface area contributed by atoms with E-state index in [2.05, 4.69) is 53.8 Å². The smallest absolute Gasteiger partial charge is 0.312 e. The van der Waals surface area contributed by atoms with Crippen LogP contribution in [0.2, 0.25) is 0 Å². The molecule has 19 heavy (non-hydrogen) atoms. The molecular weight excluding hydrogens is 240 g/mol. The van der Waals surface area contributed by atoms with Gasteiger partial charge in [-0.2, -0.15) is 0 Å². The molecule has 4 heteroatoms. The average molecular weight is 272 g/mol. The molecule has 0 radical (unpaired) electrons. The maximum absolute atomic E-state index is 10.6. The molecule has 3 N–H and O–H groups in total. The second-order valence-electron chi connectivity index (χ2n) is 7.71. The van der Waals surface area contributed by atoms with E-state index < -0.39 is 6.03 Å². The van der Waals surface area contributed by atoms with Crippen molar-refractivity contribution in [3.8, 4) is 0 Å². The summed E-state index contributed by atoms with van der Waals surface area (Å²) in [7, 11) is 0. The summed E-state index contributed by atoms with van der Waals surface area (Å²) in [4.78, 5) is 10.6. The molecular formula is C15H32N2O2. The number of rotatable bonds is 6. The SMILES string of the molecule is CC(C)(C)CC(C)(OCCCNC(N)=O)C(C)(C)C. The molecule has 0 heterocycles. The molecule has 0 rings (SSSR count). The van der Waals surface area contributed by atoms with E-state index in [-0.39, 0.29) is 16.4 Å². The molecule has 0 aliphatic carbocycles. The fourth-order valence-electron chi connectivity index (χ4n) is 2.13. The molecule has 0 bridgehead atoms. The first-order valence-corrected chi connectivity index (χ1v) is 7.05. The minimum atomic E-state index is -0.478. The molecule has 114 valence electrons. The molecule has 4 nitrogen and oxygen atoms in total. The van der Waals surface area contributed by atoms with E-state index in [1.165, 1.54) is 0 Å². The van der Waals surface area contributed by atoms with Crippen LogP contribution in [0, 0.1) is 10.8 Å². The molecule has 1 unspecified atom stereocenters. The molecule has 0 aromatic rings. The molecule has 1 atom stereocenters. The van der Waals surface area contributed by atoms with E-state index in [0.717, 1.165) is 12.8 Å². The second-order valence-corrected chi connectivity index (χ2v) is 7.71. The Balaban J connectivity index is 4.42. The van der Waals surface area contributed by atoms with Gasteiger partial charge in [-0.3, -0.25) is 0 Å². The van der Waals surface area contributed by atoms with Crippen molar-refractivity contribution in [2.75, 3.05) is 13.2 Å². The minimum absolute atomic E-state index is 0.0669. The number of carbonyl (C=O) groups is 1. The summed E-state index contributed by atoms with van der Waals surface area (Å²) in [6.45, 7) is 16.7. The highest BCUT2D eigenvalue weighted by molar-refractivity contribution is 5.71. The maximum Gasteiger partial charge on any atom is 0.312 e. The van der Waals surface area contributed by atoms with Gasteiger partial charge in [0.2, 0.25) is 0 Å². The first-order valence-electron chi connectivity index (χ1n) is 7.05. The number of ether oxygens (including phenoxy) is 1. The van der Waals surface area contributed by atoms with Gasteiger partial charge in [0.05, 0.1) is 5.60 Å². The monoisotopic (exact) mass is 272 g/mol.